The molecule has 0 spiro atoms. The minimum Gasteiger partial charge on any atom is -0.493 e. The summed E-state index contributed by atoms with van der Waals surface area (Å²) in [7, 11) is 0. The van der Waals surface area contributed by atoms with Crippen LogP contribution in [0.5, 0.6) is 5.88 Å². The fraction of sp³-hybridized carbons (Fsp3) is 0.609. The van der Waals surface area contributed by atoms with Crippen molar-refractivity contribution >= 4 is 28.0 Å². The molecule has 172 valence electrons. The molecule has 0 aromatic carbocycles. The average Bonchev–Trinajstić information content (AvgIpc) is 3.15. The molecule has 0 unspecified atom stereocenters. The average molecular weight is 442 g/mol. The molecule has 3 aromatic rings. The predicted molar refractivity (Wildman–Crippen MR) is 121 cm³/mol. The van der Waals surface area contributed by atoms with Crippen LogP contribution in [0.25, 0.3) is 22.2 Å². The predicted octanol–water partition coefficient (Wildman–Crippen LogP) is 2.12. The van der Waals surface area contributed by atoms with E-state index >= 15 is 0 Å². The minimum absolute atomic E-state index is 0.0114. The van der Waals surface area contributed by atoms with Gasteiger partial charge in [0.2, 0.25) is 11.6 Å². The van der Waals surface area contributed by atoms with Crippen molar-refractivity contribution in [3.63, 3.8) is 0 Å². The Bertz CT molecular complexity index is 1120. The van der Waals surface area contributed by atoms with Gasteiger partial charge in [-0.2, -0.15) is 4.98 Å². The third-order valence-electron chi connectivity index (χ3n) is 6.74. The van der Waals surface area contributed by atoms with Gasteiger partial charge in [0.15, 0.2) is 11.4 Å². The Hall–Kier alpha value is -2.49. The van der Waals surface area contributed by atoms with Crippen molar-refractivity contribution in [3.05, 3.63) is 17.5 Å². The number of anilines is 1. The van der Waals surface area contributed by atoms with Gasteiger partial charge in [0, 0.05) is 38.3 Å². The Morgan fingerprint density at radius 1 is 1.16 bits per heavy atom. The summed E-state index contributed by atoms with van der Waals surface area (Å²) in [4.78, 5) is 17.9. The third kappa shape index (κ3) is 3.89. The number of rotatable bonds is 6. The number of hydrogen-bond donors (Lipinski definition) is 2. The van der Waals surface area contributed by atoms with Crippen LogP contribution in [0, 0.1) is 5.41 Å². The van der Waals surface area contributed by atoms with Gasteiger partial charge in [-0.3, -0.25) is 4.90 Å². The zero-order valence-electron chi connectivity index (χ0n) is 18.8. The Labute approximate surface area is 187 Å². The number of aromatic nitrogens is 3. The highest BCUT2D eigenvalue weighted by atomic mass is 16.5. The minimum atomic E-state index is 0.0114. The molecule has 3 aromatic heterocycles. The van der Waals surface area contributed by atoms with Crippen molar-refractivity contribution in [3.8, 4) is 5.88 Å². The number of aromatic hydroxyl groups is 1. The maximum atomic E-state index is 10.6. The Balaban J connectivity index is 1.57. The first-order valence-corrected chi connectivity index (χ1v) is 11.4. The molecule has 0 amide bonds. The SMILES string of the molecule is CC1(C)CCc2c(O)nc3oc4c(N(CCO)CCN5CCOCC5)ncnc4c3c2C1. The molecule has 1 fully saturated rings. The lowest BCUT2D eigenvalue weighted by molar-refractivity contribution is 0.0391. The van der Waals surface area contributed by atoms with Gasteiger partial charge < -0.3 is 24.3 Å². The summed E-state index contributed by atoms with van der Waals surface area (Å²) in [6.45, 7) is 9.80. The zero-order chi connectivity index (χ0) is 22.3. The van der Waals surface area contributed by atoms with Gasteiger partial charge in [0.05, 0.1) is 25.2 Å². The van der Waals surface area contributed by atoms with E-state index in [1.54, 1.807) is 6.33 Å². The Kier molecular flexibility index (Phi) is 5.65. The second-order valence-electron chi connectivity index (χ2n) is 9.56. The largest absolute Gasteiger partial charge is 0.493 e. The molecule has 0 saturated carbocycles. The maximum absolute atomic E-state index is 10.6. The van der Waals surface area contributed by atoms with E-state index in [9.17, 15) is 10.2 Å². The van der Waals surface area contributed by atoms with Gasteiger partial charge in [0.25, 0.3) is 0 Å². The molecule has 9 nitrogen and oxygen atoms in total. The van der Waals surface area contributed by atoms with E-state index in [1.165, 1.54) is 0 Å². The molecule has 9 heteroatoms. The molecule has 2 N–H and O–H groups in total. The van der Waals surface area contributed by atoms with Crippen LogP contribution in [0.15, 0.2) is 10.7 Å². The molecule has 1 aliphatic heterocycles. The van der Waals surface area contributed by atoms with Gasteiger partial charge in [-0.25, -0.2) is 9.97 Å². The number of furan rings is 1. The van der Waals surface area contributed by atoms with E-state index < -0.39 is 0 Å². The van der Waals surface area contributed by atoms with Crippen LogP contribution < -0.4 is 4.90 Å². The lowest BCUT2D eigenvalue weighted by Gasteiger charge is -2.31. The molecule has 1 saturated heterocycles. The summed E-state index contributed by atoms with van der Waals surface area (Å²) >= 11 is 0. The smallest absolute Gasteiger partial charge is 0.232 e. The second-order valence-corrected chi connectivity index (χ2v) is 9.56. The molecule has 0 atom stereocenters. The van der Waals surface area contributed by atoms with Gasteiger partial charge >= 0.3 is 0 Å². The summed E-state index contributed by atoms with van der Waals surface area (Å²) < 4.78 is 11.6. The Morgan fingerprint density at radius 2 is 1.97 bits per heavy atom. The summed E-state index contributed by atoms with van der Waals surface area (Å²) in [5, 5.41) is 21.2. The Morgan fingerprint density at radius 3 is 2.75 bits per heavy atom. The van der Waals surface area contributed by atoms with Gasteiger partial charge in [-0.05, 0) is 30.2 Å². The molecule has 4 heterocycles. The molecule has 2 aliphatic rings. The first-order valence-electron chi connectivity index (χ1n) is 11.4. The molecule has 1 aliphatic carbocycles. The van der Waals surface area contributed by atoms with Crippen molar-refractivity contribution in [2.75, 3.05) is 57.4 Å². The molecule has 5 rings (SSSR count). The van der Waals surface area contributed by atoms with E-state index in [0.29, 0.717) is 30.2 Å². The number of fused-ring (bicyclic) bond motifs is 5. The van der Waals surface area contributed by atoms with Gasteiger partial charge in [0.1, 0.15) is 11.8 Å². The van der Waals surface area contributed by atoms with Crippen LogP contribution in [0.1, 0.15) is 31.4 Å². The number of ether oxygens (including phenoxy) is 1. The summed E-state index contributed by atoms with van der Waals surface area (Å²) in [6, 6.07) is 0. The van der Waals surface area contributed by atoms with Crippen LogP contribution >= 0.6 is 0 Å². The van der Waals surface area contributed by atoms with Crippen LogP contribution in [0.3, 0.4) is 0 Å². The number of nitrogens with zero attached hydrogens (tertiary/aromatic N) is 5. The van der Waals surface area contributed by atoms with Crippen molar-refractivity contribution in [1.29, 1.82) is 0 Å². The van der Waals surface area contributed by atoms with E-state index in [2.05, 4.69) is 33.7 Å². The molecule has 32 heavy (non-hydrogen) atoms. The summed E-state index contributed by atoms with van der Waals surface area (Å²) in [6.07, 6.45) is 4.18. The number of pyridine rings is 1. The molecular weight excluding hydrogens is 410 g/mol. The van der Waals surface area contributed by atoms with E-state index in [0.717, 1.165) is 74.1 Å². The van der Waals surface area contributed by atoms with Crippen molar-refractivity contribution in [2.24, 2.45) is 5.41 Å². The highest BCUT2D eigenvalue weighted by Gasteiger charge is 2.32. The number of hydrogen-bond acceptors (Lipinski definition) is 9. The standard InChI is InChI=1S/C23H31N5O4/c1-23(2)4-3-15-16(13-23)17-18-19(32-22(17)26-21(15)30)20(25-14-24-18)28(7-10-29)6-5-27-8-11-31-12-9-27/h14,29H,3-13H2,1-2H3,(H,26,30). The topological polar surface area (TPSA) is 108 Å². The van der Waals surface area contributed by atoms with Gasteiger partial charge in [-0.15, -0.1) is 0 Å². The van der Waals surface area contributed by atoms with Gasteiger partial charge in [-0.1, -0.05) is 13.8 Å². The zero-order valence-corrected chi connectivity index (χ0v) is 18.8. The van der Waals surface area contributed by atoms with Crippen LogP contribution in [-0.2, 0) is 17.6 Å². The number of aliphatic hydroxyl groups is 1. The monoisotopic (exact) mass is 441 g/mol. The molecule has 0 bridgehead atoms. The highest BCUT2D eigenvalue weighted by molar-refractivity contribution is 6.06. The maximum Gasteiger partial charge on any atom is 0.232 e. The number of aliphatic hydroxyl groups excluding tert-OH is 1. The highest BCUT2D eigenvalue weighted by Crippen LogP contribution is 2.44. The van der Waals surface area contributed by atoms with E-state index in [-0.39, 0.29) is 17.9 Å². The second kappa shape index (κ2) is 8.46. The first kappa shape index (κ1) is 21.4. The first-order chi connectivity index (χ1) is 15.5. The lowest BCUT2D eigenvalue weighted by Crippen LogP contribution is -2.42. The normalized spacial score (nSPS) is 18.8. The summed E-state index contributed by atoms with van der Waals surface area (Å²) in [5.74, 6) is 0.703. The lowest BCUT2D eigenvalue weighted by atomic mass is 9.74. The number of morpholine rings is 1. The van der Waals surface area contributed by atoms with Crippen molar-refractivity contribution < 1.29 is 19.4 Å². The molecule has 0 radical (unpaired) electrons. The summed E-state index contributed by atoms with van der Waals surface area (Å²) in [5.41, 5.74) is 3.79. The van der Waals surface area contributed by atoms with Crippen molar-refractivity contribution in [1.82, 2.24) is 19.9 Å². The third-order valence-corrected chi connectivity index (χ3v) is 6.74. The molecular formula is C23H31N5O4. The van der Waals surface area contributed by atoms with Crippen LogP contribution in [0.4, 0.5) is 5.82 Å². The van der Waals surface area contributed by atoms with Crippen LogP contribution in [0.2, 0.25) is 0 Å². The fourth-order valence-electron chi connectivity index (χ4n) is 4.93. The van der Waals surface area contributed by atoms with E-state index in [1.807, 2.05) is 4.90 Å². The van der Waals surface area contributed by atoms with Crippen molar-refractivity contribution in [2.45, 2.75) is 33.1 Å². The van der Waals surface area contributed by atoms with Crippen LogP contribution in [-0.4, -0.2) is 82.6 Å². The van der Waals surface area contributed by atoms with E-state index in [4.69, 9.17) is 9.15 Å². The quantitative estimate of drug-likeness (QED) is 0.595. The fourth-order valence-corrected chi connectivity index (χ4v) is 4.93.